The lowest BCUT2D eigenvalue weighted by Gasteiger charge is -2.33. The van der Waals surface area contributed by atoms with Gasteiger partial charge in [-0.25, -0.2) is 23.4 Å². The van der Waals surface area contributed by atoms with Gasteiger partial charge in [0, 0.05) is 30.5 Å². The van der Waals surface area contributed by atoms with E-state index >= 15 is 0 Å². The van der Waals surface area contributed by atoms with Crippen molar-refractivity contribution in [2.75, 3.05) is 32.7 Å². The minimum absolute atomic E-state index is 0.220. The largest absolute Gasteiger partial charge is 0.390 e. The van der Waals surface area contributed by atoms with Crippen LogP contribution in [0.4, 0.5) is 4.39 Å². The molecule has 218 valence electrons. The van der Waals surface area contributed by atoms with Gasteiger partial charge in [-0.15, -0.1) is 0 Å². The summed E-state index contributed by atoms with van der Waals surface area (Å²) in [6.45, 7) is 7.43. The Bertz CT molecular complexity index is 1410. The Morgan fingerprint density at radius 3 is 2.60 bits per heavy atom. The zero-order chi connectivity index (χ0) is 28.9. The molecule has 11 heteroatoms. The van der Waals surface area contributed by atoms with E-state index in [4.69, 9.17) is 5.84 Å². The number of nitrogens with two attached hydrogens (primary N) is 1. The van der Waals surface area contributed by atoms with E-state index in [1.165, 1.54) is 12.1 Å². The van der Waals surface area contributed by atoms with Gasteiger partial charge in [-0.05, 0) is 80.1 Å². The van der Waals surface area contributed by atoms with E-state index in [0.717, 1.165) is 43.4 Å². The summed E-state index contributed by atoms with van der Waals surface area (Å²) in [6, 6.07) is 11.6. The number of sulfonamides is 1. The summed E-state index contributed by atoms with van der Waals surface area (Å²) in [5.41, 5.74) is 7.83. The molecular weight excluding hydrogens is 531 g/mol. The van der Waals surface area contributed by atoms with Crippen molar-refractivity contribution in [1.82, 2.24) is 19.6 Å². The predicted molar refractivity (Wildman–Crippen MR) is 155 cm³/mol. The first-order chi connectivity index (χ1) is 19.1. The Balaban J connectivity index is 1.24. The number of aromatic nitrogens is 1. The maximum absolute atomic E-state index is 13.9. The molecule has 4 rings (SSSR count). The Labute approximate surface area is 236 Å². The molecule has 1 aliphatic rings. The molecule has 0 unspecified atom stereocenters. The molecule has 1 aromatic heterocycles. The van der Waals surface area contributed by atoms with Crippen LogP contribution in [0.5, 0.6) is 0 Å². The van der Waals surface area contributed by atoms with E-state index in [-0.39, 0.29) is 12.4 Å². The average molecular weight is 574 g/mol. The highest BCUT2D eigenvalue weighted by Crippen LogP contribution is 2.27. The van der Waals surface area contributed by atoms with E-state index in [2.05, 4.69) is 34.2 Å². The summed E-state index contributed by atoms with van der Waals surface area (Å²) >= 11 is 0. The van der Waals surface area contributed by atoms with Crippen LogP contribution in [0.1, 0.15) is 43.5 Å². The van der Waals surface area contributed by atoms with Gasteiger partial charge in [0.25, 0.3) is 0 Å². The number of aliphatic hydroxyl groups is 1. The Kier molecular flexibility index (Phi) is 9.99. The molecule has 8 N–H and O–H groups in total. The Hall–Kier alpha value is -2.80. The number of rotatable bonds is 12. The molecule has 0 spiro atoms. The SMILES string of the molecule is CC(C)Cc1ccc(S(=O)(=O)NCCN2CCC(CN(N)/C=C(\[NH3+])c3c(CO)[nH]c4ccc(F)cc34)CC2)cc1. The van der Waals surface area contributed by atoms with E-state index in [0.29, 0.717) is 58.7 Å². The number of hydrogen-bond donors (Lipinski definition) is 5. The van der Waals surface area contributed by atoms with Crippen LogP contribution in [-0.2, 0) is 23.1 Å². The van der Waals surface area contributed by atoms with Gasteiger partial charge in [0.2, 0.25) is 10.0 Å². The van der Waals surface area contributed by atoms with Crippen LogP contribution in [0.15, 0.2) is 53.6 Å². The number of halogens is 1. The zero-order valence-corrected chi connectivity index (χ0v) is 24.2. The number of hydrogen-bond acceptors (Lipinski definition) is 6. The molecule has 0 saturated carbocycles. The summed E-state index contributed by atoms with van der Waals surface area (Å²) in [5.74, 6) is 6.85. The number of nitrogens with zero attached hydrogens (tertiary/aromatic N) is 2. The number of benzene rings is 2. The summed E-state index contributed by atoms with van der Waals surface area (Å²) in [5, 5.41) is 12.1. The maximum Gasteiger partial charge on any atom is 0.240 e. The number of fused-ring (bicyclic) bond motifs is 1. The van der Waals surface area contributed by atoms with Crippen molar-refractivity contribution in [3.63, 3.8) is 0 Å². The van der Waals surface area contributed by atoms with Crippen LogP contribution < -0.4 is 16.3 Å². The lowest BCUT2D eigenvalue weighted by atomic mass is 9.96. The Morgan fingerprint density at radius 2 is 1.95 bits per heavy atom. The molecule has 1 saturated heterocycles. The molecule has 2 heterocycles. The molecule has 1 fully saturated rings. The fourth-order valence-electron chi connectivity index (χ4n) is 5.41. The number of piperidine rings is 1. The first-order valence-corrected chi connectivity index (χ1v) is 15.3. The lowest BCUT2D eigenvalue weighted by Crippen LogP contribution is -2.48. The molecule has 0 radical (unpaired) electrons. The highest BCUT2D eigenvalue weighted by molar-refractivity contribution is 7.89. The molecule has 1 aliphatic heterocycles. The second kappa shape index (κ2) is 13.2. The van der Waals surface area contributed by atoms with Gasteiger partial charge in [-0.1, -0.05) is 26.0 Å². The number of aromatic amines is 1. The first-order valence-electron chi connectivity index (χ1n) is 13.8. The van der Waals surface area contributed by atoms with E-state index in [1.807, 2.05) is 12.1 Å². The molecule has 0 bridgehead atoms. The summed E-state index contributed by atoms with van der Waals surface area (Å²) in [7, 11) is -3.54. The van der Waals surface area contributed by atoms with Gasteiger partial charge in [0.05, 0.1) is 29.0 Å². The highest BCUT2D eigenvalue weighted by atomic mass is 32.2. The first kappa shape index (κ1) is 30.2. The van der Waals surface area contributed by atoms with Gasteiger partial charge in [0.1, 0.15) is 5.82 Å². The molecule has 0 aliphatic carbocycles. The molecule has 40 heavy (non-hydrogen) atoms. The van der Waals surface area contributed by atoms with Gasteiger partial charge >= 0.3 is 0 Å². The zero-order valence-electron chi connectivity index (χ0n) is 23.4. The summed E-state index contributed by atoms with van der Waals surface area (Å²) < 4.78 is 42.0. The highest BCUT2D eigenvalue weighted by Gasteiger charge is 2.22. The van der Waals surface area contributed by atoms with Gasteiger partial charge in [-0.3, -0.25) is 0 Å². The van der Waals surface area contributed by atoms with Crippen LogP contribution in [0.2, 0.25) is 0 Å². The van der Waals surface area contributed by atoms with Gasteiger partial charge in [-0.2, -0.15) is 0 Å². The minimum Gasteiger partial charge on any atom is -0.390 e. The quantitative estimate of drug-likeness (QED) is 0.166. The maximum atomic E-state index is 13.9. The number of nitrogens with one attached hydrogen (secondary N) is 2. The van der Waals surface area contributed by atoms with Crippen LogP contribution in [0.3, 0.4) is 0 Å². The van der Waals surface area contributed by atoms with Crippen LogP contribution in [0.25, 0.3) is 16.6 Å². The third-order valence-electron chi connectivity index (χ3n) is 7.41. The third-order valence-corrected chi connectivity index (χ3v) is 8.89. The van der Waals surface area contributed by atoms with Crippen LogP contribution >= 0.6 is 0 Å². The standard InChI is InChI=1S/C29H41FN6O3S/c1-20(2)15-21-3-6-24(7-4-21)40(38,39)33-11-14-35-12-9-22(10-13-35)17-36(32)18-26(31)29-25-16-23(30)5-8-27(25)34-28(29)19-37/h3-8,16,18,20,22,33-34,37H,9-15,17,19,31-32H2,1-2H3/p+1/b26-18-. The van der Waals surface area contributed by atoms with E-state index in [1.54, 1.807) is 29.4 Å². The normalized spacial score (nSPS) is 15.8. The van der Waals surface area contributed by atoms with Crippen molar-refractivity contribution in [2.24, 2.45) is 17.7 Å². The predicted octanol–water partition coefficient (Wildman–Crippen LogP) is 2.40. The third kappa shape index (κ3) is 7.68. The monoisotopic (exact) mass is 573 g/mol. The number of aliphatic hydroxyl groups excluding tert-OH is 1. The smallest absolute Gasteiger partial charge is 0.240 e. The number of H-pyrrole nitrogens is 1. The molecule has 0 amide bonds. The van der Waals surface area contributed by atoms with Crippen molar-refractivity contribution >= 4 is 26.6 Å². The number of quaternary nitrogens is 1. The van der Waals surface area contributed by atoms with Crippen molar-refractivity contribution in [2.45, 2.75) is 44.6 Å². The number of likely N-dealkylation sites (tertiary alicyclic amines) is 1. The van der Waals surface area contributed by atoms with Crippen LogP contribution in [0, 0.1) is 17.7 Å². The molecule has 2 aromatic carbocycles. The molecule has 3 aromatic rings. The fourth-order valence-corrected chi connectivity index (χ4v) is 6.43. The Morgan fingerprint density at radius 1 is 1.25 bits per heavy atom. The minimum atomic E-state index is -3.54. The topological polar surface area (TPSA) is 142 Å². The lowest BCUT2D eigenvalue weighted by molar-refractivity contribution is -0.245. The average Bonchev–Trinajstić information content (AvgIpc) is 3.27. The van der Waals surface area contributed by atoms with E-state index in [9.17, 15) is 17.9 Å². The van der Waals surface area contributed by atoms with Crippen molar-refractivity contribution in [1.29, 1.82) is 0 Å². The van der Waals surface area contributed by atoms with Crippen molar-refractivity contribution in [3.05, 3.63) is 71.3 Å². The molecule has 0 atom stereocenters. The molecule has 9 nitrogen and oxygen atoms in total. The summed E-state index contributed by atoms with van der Waals surface area (Å²) in [6.07, 6.45) is 4.55. The van der Waals surface area contributed by atoms with Crippen molar-refractivity contribution in [3.8, 4) is 0 Å². The van der Waals surface area contributed by atoms with Gasteiger partial charge in [0.15, 0.2) is 5.70 Å². The number of hydrazine groups is 1. The molecular formula is C29H42FN6O3S+. The second-order valence-electron chi connectivity index (χ2n) is 11.1. The summed E-state index contributed by atoms with van der Waals surface area (Å²) in [4.78, 5) is 5.68. The van der Waals surface area contributed by atoms with Gasteiger partial charge < -0.3 is 25.7 Å². The van der Waals surface area contributed by atoms with Crippen LogP contribution in [-0.4, -0.2) is 61.1 Å². The van der Waals surface area contributed by atoms with E-state index < -0.39 is 10.0 Å². The fraction of sp³-hybridized carbons (Fsp3) is 0.448. The second-order valence-corrected chi connectivity index (χ2v) is 12.9. The van der Waals surface area contributed by atoms with Crippen molar-refractivity contribution < 1.29 is 23.6 Å².